The number of halogens is 1. The number of nitrogens with one attached hydrogen (secondary N) is 1. The Hall–Kier alpha value is -1.21. The minimum Gasteiger partial charge on any atom is -0.480 e. The third-order valence-corrected chi connectivity index (χ3v) is 1.32. The van der Waals surface area contributed by atoms with Crippen molar-refractivity contribution in [1.29, 1.82) is 0 Å². The molecule has 0 aromatic heterocycles. The molecule has 0 saturated carbocycles. The maximum Gasteiger partial charge on any atom is 0.327 e. The van der Waals surface area contributed by atoms with Gasteiger partial charge in [-0.25, -0.2) is 4.79 Å². The van der Waals surface area contributed by atoms with Gasteiger partial charge in [0.1, 0.15) is 11.9 Å². The molecule has 0 heterocycles. The van der Waals surface area contributed by atoms with Gasteiger partial charge in [0.05, 0.1) is 0 Å². The van der Waals surface area contributed by atoms with Crippen molar-refractivity contribution in [2.75, 3.05) is 5.88 Å². The Labute approximate surface area is 74.9 Å². The Kier molecular flexibility index (Phi) is 4.89. The molecule has 5 heteroatoms. The van der Waals surface area contributed by atoms with Gasteiger partial charge in [0, 0.05) is 6.42 Å². The van der Waals surface area contributed by atoms with E-state index in [1.54, 1.807) is 0 Å². The molecule has 0 aromatic rings. The molecule has 0 aliphatic rings. The molecule has 0 aliphatic heterocycles. The molecule has 0 bridgehead atoms. The SMILES string of the molecule is C#CCC(NC(=O)CCl)C(=O)O. The molecular weight excluding hydrogens is 182 g/mol. The predicted molar refractivity (Wildman–Crippen MR) is 43.7 cm³/mol. The number of aliphatic carboxylic acids is 1. The number of carbonyl (C=O) groups is 2. The van der Waals surface area contributed by atoms with Crippen LogP contribution in [-0.4, -0.2) is 28.9 Å². The smallest absolute Gasteiger partial charge is 0.327 e. The van der Waals surface area contributed by atoms with E-state index >= 15 is 0 Å². The van der Waals surface area contributed by atoms with E-state index in [0.717, 1.165) is 0 Å². The van der Waals surface area contributed by atoms with Gasteiger partial charge in [0.2, 0.25) is 5.91 Å². The van der Waals surface area contributed by atoms with Crippen molar-refractivity contribution in [3.63, 3.8) is 0 Å². The second-order valence-electron chi connectivity index (χ2n) is 2.00. The summed E-state index contributed by atoms with van der Waals surface area (Å²) in [4.78, 5) is 21.0. The lowest BCUT2D eigenvalue weighted by Crippen LogP contribution is -2.41. The van der Waals surface area contributed by atoms with E-state index in [4.69, 9.17) is 23.1 Å². The van der Waals surface area contributed by atoms with Crippen molar-refractivity contribution >= 4 is 23.5 Å². The second kappa shape index (κ2) is 5.44. The maximum atomic E-state index is 10.6. The van der Waals surface area contributed by atoms with Crippen molar-refractivity contribution in [2.45, 2.75) is 12.5 Å². The fourth-order valence-corrected chi connectivity index (χ4v) is 0.628. The van der Waals surface area contributed by atoms with E-state index in [-0.39, 0.29) is 12.3 Å². The van der Waals surface area contributed by atoms with Crippen LogP contribution in [0.1, 0.15) is 6.42 Å². The monoisotopic (exact) mass is 189 g/mol. The molecule has 0 fully saturated rings. The van der Waals surface area contributed by atoms with Crippen molar-refractivity contribution in [2.24, 2.45) is 0 Å². The number of rotatable bonds is 4. The first kappa shape index (κ1) is 10.8. The van der Waals surface area contributed by atoms with Crippen LogP contribution in [0.5, 0.6) is 0 Å². The van der Waals surface area contributed by atoms with Crippen LogP contribution >= 0.6 is 11.6 Å². The first-order valence-corrected chi connectivity index (χ1v) is 3.67. The average molecular weight is 190 g/mol. The predicted octanol–water partition coefficient (Wildman–Crippen LogP) is -0.182. The number of carboxylic acid groups (broad SMARTS) is 1. The molecular formula is C7H8ClNO3. The van der Waals surface area contributed by atoms with E-state index < -0.39 is 17.9 Å². The molecule has 0 aliphatic carbocycles. The van der Waals surface area contributed by atoms with Crippen LogP contribution in [0, 0.1) is 12.3 Å². The quantitative estimate of drug-likeness (QED) is 0.476. The standard InChI is InChI=1S/C7H8ClNO3/c1-2-3-5(7(11)12)9-6(10)4-8/h1,5H,3-4H2,(H,9,10)(H,11,12). The summed E-state index contributed by atoms with van der Waals surface area (Å²) in [5, 5.41) is 10.6. The molecule has 0 spiro atoms. The molecule has 1 atom stereocenters. The zero-order chi connectivity index (χ0) is 9.56. The van der Waals surface area contributed by atoms with Gasteiger partial charge in [0.25, 0.3) is 0 Å². The number of hydrogen-bond acceptors (Lipinski definition) is 2. The summed E-state index contributed by atoms with van der Waals surface area (Å²) >= 11 is 5.14. The Bertz CT molecular complexity index is 221. The summed E-state index contributed by atoms with van der Waals surface area (Å²) < 4.78 is 0. The zero-order valence-electron chi connectivity index (χ0n) is 6.21. The lowest BCUT2D eigenvalue weighted by Gasteiger charge is -2.09. The van der Waals surface area contributed by atoms with Crippen LogP contribution in [0.25, 0.3) is 0 Å². The van der Waals surface area contributed by atoms with Crippen LogP contribution < -0.4 is 5.32 Å². The minimum absolute atomic E-state index is 0.0437. The highest BCUT2D eigenvalue weighted by atomic mass is 35.5. The van der Waals surface area contributed by atoms with E-state index in [0.29, 0.717) is 0 Å². The molecule has 0 radical (unpaired) electrons. The van der Waals surface area contributed by atoms with Crippen molar-refractivity contribution in [1.82, 2.24) is 5.32 Å². The first-order chi connectivity index (χ1) is 5.61. The van der Waals surface area contributed by atoms with Crippen molar-refractivity contribution in [3.8, 4) is 12.3 Å². The molecule has 2 N–H and O–H groups in total. The van der Waals surface area contributed by atoms with Crippen LogP contribution in [0.4, 0.5) is 0 Å². The number of amides is 1. The van der Waals surface area contributed by atoms with Gasteiger partial charge in [-0.15, -0.1) is 23.9 Å². The van der Waals surface area contributed by atoms with Gasteiger partial charge in [-0.1, -0.05) is 0 Å². The molecule has 1 amide bonds. The lowest BCUT2D eigenvalue weighted by molar-refractivity contribution is -0.141. The normalized spacial score (nSPS) is 11.3. The lowest BCUT2D eigenvalue weighted by atomic mass is 10.2. The zero-order valence-corrected chi connectivity index (χ0v) is 6.97. The molecule has 12 heavy (non-hydrogen) atoms. The number of terminal acetylenes is 1. The molecule has 0 aromatic carbocycles. The number of carboxylic acids is 1. The highest BCUT2D eigenvalue weighted by Gasteiger charge is 2.17. The van der Waals surface area contributed by atoms with E-state index in [9.17, 15) is 9.59 Å². The van der Waals surface area contributed by atoms with E-state index in [2.05, 4.69) is 11.2 Å². The molecule has 66 valence electrons. The van der Waals surface area contributed by atoms with Gasteiger partial charge in [0.15, 0.2) is 0 Å². The highest BCUT2D eigenvalue weighted by molar-refractivity contribution is 6.27. The Morgan fingerprint density at radius 3 is 2.58 bits per heavy atom. The third-order valence-electron chi connectivity index (χ3n) is 1.08. The van der Waals surface area contributed by atoms with Crippen LogP contribution in [-0.2, 0) is 9.59 Å². The minimum atomic E-state index is -1.16. The number of alkyl halides is 1. The summed E-state index contributed by atoms with van der Waals surface area (Å²) in [6.45, 7) is 0. The Morgan fingerprint density at radius 2 is 2.25 bits per heavy atom. The van der Waals surface area contributed by atoms with Gasteiger partial charge in [-0.2, -0.15) is 0 Å². The Balaban J connectivity index is 4.06. The summed E-state index contributed by atoms with van der Waals surface area (Å²) in [6.07, 6.45) is 4.84. The van der Waals surface area contributed by atoms with Crippen LogP contribution in [0.15, 0.2) is 0 Å². The van der Waals surface area contributed by atoms with Gasteiger partial charge < -0.3 is 10.4 Å². The molecule has 1 unspecified atom stereocenters. The first-order valence-electron chi connectivity index (χ1n) is 3.13. The third kappa shape index (κ3) is 3.84. The summed E-state index contributed by atoms with van der Waals surface area (Å²) in [5.74, 6) is 0.167. The van der Waals surface area contributed by atoms with Crippen LogP contribution in [0.3, 0.4) is 0 Å². The molecule has 0 rings (SSSR count). The topological polar surface area (TPSA) is 66.4 Å². The highest BCUT2D eigenvalue weighted by Crippen LogP contribution is 1.91. The average Bonchev–Trinajstić information content (AvgIpc) is 2.03. The number of hydrogen-bond donors (Lipinski definition) is 2. The number of carbonyl (C=O) groups excluding carboxylic acids is 1. The molecule has 0 saturated heterocycles. The van der Waals surface area contributed by atoms with Gasteiger partial charge in [-0.05, 0) is 0 Å². The van der Waals surface area contributed by atoms with E-state index in [1.165, 1.54) is 0 Å². The fraction of sp³-hybridized carbons (Fsp3) is 0.429. The fourth-order valence-electron chi connectivity index (χ4n) is 0.551. The van der Waals surface area contributed by atoms with Gasteiger partial charge >= 0.3 is 5.97 Å². The second-order valence-corrected chi connectivity index (χ2v) is 2.27. The molecule has 4 nitrogen and oxygen atoms in total. The largest absolute Gasteiger partial charge is 0.480 e. The Morgan fingerprint density at radius 1 is 1.67 bits per heavy atom. The maximum absolute atomic E-state index is 10.6. The summed E-state index contributed by atoms with van der Waals surface area (Å²) in [5.41, 5.74) is 0. The van der Waals surface area contributed by atoms with E-state index in [1.807, 2.05) is 0 Å². The summed E-state index contributed by atoms with van der Waals surface area (Å²) in [7, 11) is 0. The van der Waals surface area contributed by atoms with Crippen molar-refractivity contribution in [3.05, 3.63) is 0 Å². The van der Waals surface area contributed by atoms with Crippen LogP contribution in [0.2, 0.25) is 0 Å². The summed E-state index contributed by atoms with van der Waals surface area (Å²) in [6, 6.07) is -1.04. The van der Waals surface area contributed by atoms with Crippen molar-refractivity contribution < 1.29 is 14.7 Å². The van der Waals surface area contributed by atoms with Gasteiger partial charge in [-0.3, -0.25) is 4.79 Å².